The maximum Gasteiger partial charge on any atom is 0.217 e. The zero-order chi connectivity index (χ0) is 21.2. The summed E-state index contributed by atoms with van der Waals surface area (Å²) >= 11 is 0. The topological polar surface area (TPSA) is 85.5 Å². The van der Waals surface area contributed by atoms with E-state index in [1.54, 1.807) is 6.07 Å². The Morgan fingerprint density at radius 3 is 2.55 bits per heavy atom. The Kier molecular flexibility index (Phi) is 8.92. The van der Waals surface area contributed by atoms with E-state index < -0.39 is 0 Å². The van der Waals surface area contributed by atoms with Crippen LogP contribution in [0.25, 0.3) is 0 Å². The van der Waals surface area contributed by atoms with Gasteiger partial charge in [0.05, 0.1) is 11.7 Å². The van der Waals surface area contributed by atoms with E-state index in [2.05, 4.69) is 27.8 Å². The van der Waals surface area contributed by atoms with Gasteiger partial charge in [0.1, 0.15) is 5.82 Å². The number of nitrogens with zero attached hydrogens (tertiary/aromatic N) is 1. The fraction of sp³-hybridized carbons (Fsp3) is 0.524. The average Bonchev–Trinajstić information content (AvgIpc) is 2.67. The van der Waals surface area contributed by atoms with Crippen molar-refractivity contribution in [3.05, 3.63) is 36.3 Å². The summed E-state index contributed by atoms with van der Waals surface area (Å²) in [5.41, 5.74) is 1.80. The second-order valence-corrected chi connectivity index (χ2v) is 7.29. The van der Waals surface area contributed by atoms with Crippen molar-refractivity contribution < 1.29 is 14.0 Å². The number of unbranched alkanes of at least 4 members (excludes halogenated alkanes) is 1. The van der Waals surface area contributed by atoms with Crippen molar-refractivity contribution in [2.24, 2.45) is 0 Å². The molecular formula is C21H32FN5O2. The van der Waals surface area contributed by atoms with E-state index in [4.69, 9.17) is 0 Å². The maximum absolute atomic E-state index is 14.6. The summed E-state index contributed by atoms with van der Waals surface area (Å²) in [6.07, 6.45) is 2.28. The minimum Gasteiger partial charge on any atom is -0.367 e. The Morgan fingerprint density at radius 1 is 1.21 bits per heavy atom. The van der Waals surface area contributed by atoms with Gasteiger partial charge in [-0.05, 0) is 37.5 Å². The van der Waals surface area contributed by atoms with Crippen LogP contribution in [0.4, 0.5) is 15.8 Å². The van der Waals surface area contributed by atoms with Gasteiger partial charge in [-0.1, -0.05) is 6.58 Å². The first-order valence-corrected chi connectivity index (χ1v) is 10.1. The molecule has 0 saturated carbocycles. The highest BCUT2D eigenvalue weighted by Crippen LogP contribution is 2.24. The molecule has 1 aromatic carbocycles. The average molecular weight is 406 g/mol. The Morgan fingerprint density at radius 2 is 1.93 bits per heavy atom. The van der Waals surface area contributed by atoms with Crippen LogP contribution in [0.3, 0.4) is 0 Å². The van der Waals surface area contributed by atoms with E-state index in [1.807, 2.05) is 11.0 Å². The first kappa shape index (κ1) is 22.7. The molecule has 8 heteroatoms. The van der Waals surface area contributed by atoms with E-state index in [1.165, 1.54) is 19.9 Å². The second kappa shape index (κ2) is 11.4. The number of rotatable bonds is 10. The summed E-state index contributed by atoms with van der Waals surface area (Å²) in [7, 11) is 0. The number of halogens is 1. The van der Waals surface area contributed by atoms with Gasteiger partial charge >= 0.3 is 0 Å². The minimum absolute atomic E-state index is 0.0548. The highest BCUT2D eigenvalue weighted by Gasteiger charge is 2.17. The zero-order valence-corrected chi connectivity index (χ0v) is 17.3. The van der Waals surface area contributed by atoms with Crippen LogP contribution in [0.5, 0.6) is 0 Å². The van der Waals surface area contributed by atoms with Crippen LogP contribution in [-0.4, -0.2) is 50.6 Å². The molecule has 0 bridgehead atoms. The highest BCUT2D eigenvalue weighted by atomic mass is 19.1. The van der Waals surface area contributed by atoms with Crippen molar-refractivity contribution in [2.75, 3.05) is 42.9 Å². The van der Waals surface area contributed by atoms with E-state index in [0.717, 1.165) is 39.0 Å². The van der Waals surface area contributed by atoms with E-state index in [9.17, 15) is 14.0 Å². The molecule has 2 amide bonds. The lowest BCUT2D eigenvalue weighted by molar-refractivity contribution is -0.120. The number of benzene rings is 1. The number of carbonyl (C=O) groups excluding carboxylic acids is 2. The van der Waals surface area contributed by atoms with Gasteiger partial charge in [0.15, 0.2) is 0 Å². The molecule has 1 aliphatic heterocycles. The molecule has 29 heavy (non-hydrogen) atoms. The monoisotopic (exact) mass is 405 g/mol. The van der Waals surface area contributed by atoms with Crippen LogP contribution in [0.1, 0.15) is 33.1 Å². The fourth-order valence-corrected chi connectivity index (χ4v) is 3.34. The standard InChI is InChI=1S/C21H32FN5O2/c1-15(20(26-17(3)29)6-4-5-9-24-16(2)28)25-18-7-8-21(19(22)14-18)27-12-10-23-11-13-27/h7-8,14,20,23,25H,1,4-6,9-13H2,2-3H3,(H,24,28)(H,26,29)/t20-/m0/s1. The zero-order valence-electron chi connectivity index (χ0n) is 17.3. The molecule has 1 heterocycles. The van der Waals surface area contributed by atoms with Gasteiger partial charge in [0, 0.05) is 58.0 Å². The third-order valence-corrected chi connectivity index (χ3v) is 4.80. The van der Waals surface area contributed by atoms with Gasteiger partial charge in [-0.3, -0.25) is 9.59 Å². The molecule has 0 unspecified atom stereocenters. The molecular weight excluding hydrogens is 373 g/mol. The SMILES string of the molecule is C=C(Nc1ccc(N2CCNCC2)c(F)c1)[C@H](CCCCNC(C)=O)NC(C)=O. The van der Waals surface area contributed by atoms with E-state index in [0.29, 0.717) is 30.0 Å². The Hall–Kier alpha value is -2.61. The number of amides is 2. The predicted octanol–water partition coefficient (Wildman–Crippen LogP) is 1.97. The van der Waals surface area contributed by atoms with Crippen LogP contribution in [0.2, 0.25) is 0 Å². The summed E-state index contributed by atoms with van der Waals surface area (Å²) in [5, 5.41) is 12.0. The van der Waals surface area contributed by atoms with Gasteiger partial charge in [0.25, 0.3) is 0 Å². The minimum atomic E-state index is -0.281. The van der Waals surface area contributed by atoms with Crippen LogP contribution in [0, 0.1) is 5.82 Å². The molecule has 0 aromatic heterocycles. The summed E-state index contributed by atoms with van der Waals surface area (Å²) in [5.74, 6) is -0.489. The van der Waals surface area contributed by atoms with Crippen LogP contribution in [0.15, 0.2) is 30.5 Å². The van der Waals surface area contributed by atoms with E-state index in [-0.39, 0.29) is 23.7 Å². The first-order chi connectivity index (χ1) is 13.9. The third-order valence-electron chi connectivity index (χ3n) is 4.80. The lowest BCUT2D eigenvalue weighted by atomic mass is 10.1. The molecule has 1 aliphatic rings. The van der Waals surface area contributed by atoms with Crippen LogP contribution < -0.4 is 26.2 Å². The van der Waals surface area contributed by atoms with Crippen molar-refractivity contribution >= 4 is 23.2 Å². The smallest absolute Gasteiger partial charge is 0.217 e. The predicted molar refractivity (Wildman–Crippen MR) is 114 cm³/mol. The molecule has 2 rings (SSSR count). The van der Waals surface area contributed by atoms with E-state index >= 15 is 0 Å². The summed E-state index contributed by atoms with van der Waals surface area (Å²) < 4.78 is 14.6. The van der Waals surface area contributed by atoms with Crippen LogP contribution in [-0.2, 0) is 9.59 Å². The number of nitrogens with one attached hydrogen (secondary N) is 4. The lowest BCUT2D eigenvalue weighted by Gasteiger charge is -2.30. The number of carbonyl (C=O) groups is 2. The normalized spacial score (nSPS) is 14.8. The Bertz CT molecular complexity index is 719. The number of hydrogen-bond donors (Lipinski definition) is 4. The number of anilines is 2. The molecule has 1 saturated heterocycles. The van der Waals surface area contributed by atoms with Gasteiger partial charge in [-0.25, -0.2) is 4.39 Å². The second-order valence-electron chi connectivity index (χ2n) is 7.29. The van der Waals surface area contributed by atoms with Gasteiger partial charge in [0.2, 0.25) is 11.8 Å². The molecule has 0 radical (unpaired) electrons. The van der Waals surface area contributed by atoms with Crippen molar-refractivity contribution in [2.45, 2.75) is 39.2 Å². The van der Waals surface area contributed by atoms with Crippen molar-refractivity contribution in [3.63, 3.8) is 0 Å². The molecule has 1 fully saturated rings. The number of hydrogen-bond acceptors (Lipinski definition) is 5. The largest absolute Gasteiger partial charge is 0.367 e. The molecule has 0 spiro atoms. The maximum atomic E-state index is 14.6. The van der Waals surface area contributed by atoms with Crippen LogP contribution >= 0.6 is 0 Å². The summed E-state index contributed by atoms with van der Waals surface area (Å²) in [6.45, 7) is 10.8. The van der Waals surface area contributed by atoms with Crippen molar-refractivity contribution in [1.82, 2.24) is 16.0 Å². The molecule has 7 nitrogen and oxygen atoms in total. The van der Waals surface area contributed by atoms with Crippen molar-refractivity contribution in [1.29, 1.82) is 0 Å². The van der Waals surface area contributed by atoms with Gasteiger partial charge in [-0.2, -0.15) is 0 Å². The van der Waals surface area contributed by atoms with Gasteiger partial charge in [-0.15, -0.1) is 0 Å². The number of piperazine rings is 1. The van der Waals surface area contributed by atoms with Crippen molar-refractivity contribution in [3.8, 4) is 0 Å². The fourth-order valence-electron chi connectivity index (χ4n) is 3.34. The third kappa shape index (κ3) is 7.73. The highest BCUT2D eigenvalue weighted by molar-refractivity contribution is 5.74. The molecule has 160 valence electrons. The summed E-state index contributed by atoms with van der Waals surface area (Å²) in [6, 6.07) is 4.79. The van der Waals surface area contributed by atoms with Gasteiger partial charge < -0.3 is 26.2 Å². The lowest BCUT2D eigenvalue weighted by Crippen LogP contribution is -2.43. The molecule has 0 aliphatic carbocycles. The summed E-state index contributed by atoms with van der Waals surface area (Å²) in [4.78, 5) is 24.5. The molecule has 4 N–H and O–H groups in total. The molecule has 1 aromatic rings. The Balaban J connectivity index is 1.93. The quantitative estimate of drug-likeness (QED) is 0.447. The first-order valence-electron chi connectivity index (χ1n) is 10.1. The Labute approximate surface area is 172 Å². The molecule has 1 atom stereocenters.